The van der Waals surface area contributed by atoms with Gasteiger partial charge in [-0.1, -0.05) is 11.8 Å². The molecule has 3 aromatic rings. The number of nitrogens with zero attached hydrogens (tertiary/aromatic N) is 4. The molecule has 0 fully saturated rings. The van der Waals surface area contributed by atoms with Gasteiger partial charge in [0, 0.05) is 23.7 Å². The van der Waals surface area contributed by atoms with Crippen molar-refractivity contribution in [3.05, 3.63) is 51.2 Å². The van der Waals surface area contributed by atoms with Gasteiger partial charge in [0.2, 0.25) is 5.91 Å². The van der Waals surface area contributed by atoms with Crippen LogP contribution >= 0.6 is 27.7 Å². The minimum atomic E-state index is -0.503. The van der Waals surface area contributed by atoms with Crippen molar-refractivity contribution in [2.75, 3.05) is 11.1 Å². The molecule has 1 N–H and O–H groups in total. The second-order valence-electron chi connectivity index (χ2n) is 5.10. The SMILES string of the molecule is Cn1c(SCC(=O)Nc2ccc([N+](=O)[O-])cc2Br)nnc1-c1ccco1. The van der Waals surface area contributed by atoms with Gasteiger partial charge < -0.3 is 14.3 Å². The minimum Gasteiger partial charge on any atom is -0.461 e. The molecule has 0 radical (unpaired) electrons. The van der Waals surface area contributed by atoms with E-state index < -0.39 is 4.92 Å². The Balaban J connectivity index is 1.62. The topological polar surface area (TPSA) is 116 Å². The molecule has 0 spiro atoms. The molecule has 9 nitrogen and oxygen atoms in total. The van der Waals surface area contributed by atoms with Crippen LogP contribution in [0.25, 0.3) is 11.6 Å². The fourth-order valence-electron chi connectivity index (χ4n) is 2.10. The molecule has 0 unspecified atom stereocenters. The van der Waals surface area contributed by atoms with Gasteiger partial charge in [0.15, 0.2) is 16.7 Å². The number of benzene rings is 1. The first-order valence-electron chi connectivity index (χ1n) is 7.25. The Labute approximate surface area is 160 Å². The monoisotopic (exact) mass is 437 g/mol. The molecule has 1 aromatic carbocycles. The fraction of sp³-hybridized carbons (Fsp3) is 0.133. The minimum absolute atomic E-state index is 0.0613. The maximum atomic E-state index is 12.1. The molecular formula is C15H12BrN5O4S. The summed E-state index contributed by atoms with van der Waals surface area (Å²) in [4.78, 5) is 22.4. The molecule has 0 atom stereocenters. The van der Waals surface area contributed by atoms with Gasteiger partial charge in [-0.3, -0.25) is 14.9 Å². The van der Waals surface area contributed by atoms with Crippen molar-refractivity contribution in [1.29, 1.82) is 0 Å². The Morgan fingerprint density at radius 3 is 2.88 bits per heavy atom. The predicted molar refractivity (Wildman–Crippen MR) is 98.9 cm³/mol. The first-order chi connectivity index (χ1) is 12.5. The number of nitrogens with one attached hydrogen (secondary N) is 1. The molecule has 0 aliphatic carbocycles. The average molecular weight is 438 g/mol. The zero-order valence-electron chi connectivity index (χ0n) is 13.4. The van der Waals surface area contributed by atoms with Crippen molar-refractivity contribution in [3.63, 3.8) is 0 Å². The number of thioether (sulfide) groups is 1. The average Bonchev–Trinajstić information content (AvgIpc) is 3.24. The molecule has 134 valence electrons. The zero-order chi connectivity index (χ0) is 18.7. The molecule has 0 aliphatic heterocycles. The van der Waals surface area contributed by atoms with Gasteiger partial charge in [-0.2, -0.15) is 0 Å². The molecule has 0 saturated heterocycles. The van der Waals surface area contributed by atoms with E-state index in [1.165, 1.54) is 30.0 Å². The summed E-state index contributed by atoms with van der Waals surface area (Å²) in [6.07, 6.45) is 1.55. The van der Waals surface area contributed by atoms with E-state index in [2.05, 4.69) is 31.4 Å². The first kappa shape index (κ1) is 18.1. The summed E-state index contributed by atoms with van der Waals surface area (Å²) < 4.78 is 7.46. The van der Waals surface area contributed by atoms with Crippen LogP contribution in [-0.2, 0) is 11.8 Å². The lowest BCUT2D eigenvalue weighted by Crippen LogP contribution is -2.15. The lowest BCUT2D eigenvalue weighted by atomic mass is 10.3. The standard InChI is InChI=1S/C15H12BrN5O4S/c1-20-14(12-3-2-6-25-12)18-19-15(20)26-8-13(22)17-11-5-4-9(21(23)24)7-10(11)16/h2-7H,8H2,1H3,(H,17,22). The van der Waals surface area contributed by atoms with Crippen LogP contribution in [0.2, 0.25) is 0 Å². The summed E-state index contributed by atoms with van der Waals surface area (Å²) in [7, 11) is 1.78. The normalized spacial score (nSPS) is 10.7. The van der Waals surface area contributed by atoms with Gasteiger partial charge in [0.05, 0.1) is 22.6 Å². The second kappa shape index (κ2) is 7.70. The number of aromatic nitrogens is 3. The van der Waals surface area contributed by atoms with Gasteiger partial charge in [0.25, 0.3) is 5.69 Å². The molecule has 1 amide bonds. The van der Waals surface area contributed by atoms with Crippen LogP contribution in [-0.4, -0.2) is 31.3 Å². The maximum absolute atomic E-state index is 12.1. The van der Waals surface area contributed by atoms with Gasteiger partial charge in [-0.05, 0) is 34.1 Å². The predicted octanol–water partition coefficient (Wildman–Crippen LogP) is 3.48. The van der Waals surface area contributed by atoms with Crippen LogP contribution in [0.4, 0.5) is 11.4 Å². The van der Waals surface area contributed by atoms with Crippen LogP contribution in [0.15, 0.2) is 50.6 Å². The molecular weight excluding hydrogens is 426 g/mol. The van der Waals surface area contributed by atoms with Crippen molar-refractivity contribution in [1.82, 2.24) is 14.8 Å². The molecule has 11 heteroatoms. The third-order valence-electron chi connectivity index (χ3n) is 3.35. The number of hydrogen-bond acceptors (Lipinski definition) is 7. The number of carbonyl (C=O) groups excluding carboxylic acids is 1. The maximum Gasteiger partial charge on any atom is 0.270 e. The van der Waals surface area contributed by atoms with Crippen LogP contribution in [0.3, 0.4) is 0 Å². The third kappa shape index (κ3) is 3.94. The Hall–Kier alpha value is -2.66. The lowest BCUT2D eigenvalue weighted by molar-refractivity contribution is -0.384. The summed E-state index contributed by atoms with van der Waals surface area (Å²) in [5.74, 6) is 0.988. The summed E-state index contributed by atoms with van der Waals surface area (Å²) in [6.45, 7) is 0. The van der Waals surface area contributed by atoms with Crippen molar-refractivity contribution in [2.45, 2.75) is 5.16 Å². The van der Waals surface area contributed by atoms with E-state index in [0.717, 1.165) is 0 Å². The number of nitro groups is 1. The Morgan fingerprint density at radius 2 is 2.23 bits per heavy atom. The molecule has 3 rings (SSSR count). The van der Waals surface area contributed by atoms with Crippen molar-refractivity contribution in [3.8, 4) is 11.6 Å². The lowest BCUT2D eigenvalue weighted by Gasteiger charge is -2.07. The first-order valence-corrected chi connectivity index (χ1v) is 9.03. The molecule has 0 saturated carbocycles. The molecule has 26 heavy (non-hydrogen) atoms. The van der Waals surface area contributed by atoms with E-state index in [0.29, 0.717) is 26.9 Å². The van der Waals surface area contributed by atoms with Crippen LogP contribution in [0.5, 0.6) is 0 Å². The van der Waals surface area contributed by atoms with Gasteiger partial charge >= 0.3 is 0 Å². The molecule has 0 aliphatic rings. The number of hydrogen-bond donors (Lipinski definition) is 1. The van der Waals surface area contributed by atoms with Gasteiger partial charge in [-0.15, -0.1) is 10.2 Å². The van der Waals surface area contributed by atoms with E-state index in [1.54, 1.807) is 30.0 Å². The van der Waals surface area contributed by atoms with Crippen LogP contribution in [0, 0.1) is 10.1 Å². The highest BCUT2D eigenvalue weighted by Gasteiger charge is 2.15. The number of nitro benzene ring substituents is 1. The van der Waals surface area contributed by atoms with E-state index in [-0.39, 0.29) is 17.3 Å². The quantitative estimate of drug-likeness (QED) is 0.356. The van der Waals surface area contributed by atoms with E-state index >= 15 is 0 Å². The molecule has 2 aromatic heterocycles. The summed E-state index contributed by atoms with van der Waals surface area (Å²) in [6, 6.07) is 7.67. The third-order valence-corrected chi connectivity index (χ3v) is 5.02. The van der Waals surface area contributed by atoms with Crippen molar-refractivity contribution >= 4 is 45.0 Å². The van der Waals surface area contributed by atoms with E-state index in [1.807, 2.05) is 0 Å². The Morgan fingerprint density at radius 1 is 1.42 bits per heavy atom. The number of carbonyl (C=O) groups is 1. The molecule has 0 bridgehead atoms. The van der Waals surface area contributed by atoms with Crippen molar-refractivity contribution in [2.24, 2.45) is 7.05 Å². The Bertz CT molecular complexity index is 957. The zero-order valence-corrected chi connectivity index (χ0v) is 15.8. The number of furan rings is 1. The van der Waals surface area contributed by atoms with Crippen molar-refractivity contribution < 1.29 is 14.1 Å². The number of anilines is 1. The second-order valence-corrected chi connectivity index (χ2v) is 6.90. The Kier molecular flexibility index (Phi) is 5.38. The summed E-state index contributed by atoms with van der Waals surface area (Å²) in [5, 5.41) is 22.1. The van der Waals surface area contributed by atoms with Gasteiger partial charge in [-0.25, -0.2) is 0 Å². The number of rotatable bonds is 6. The number of amides is 1. The largest absolute Gasteiger partial charge is 0.461 e. The summed E-state index contributed by atoms with van der Waals surface area (Å²) in [5.41, 5.74) is 0.393. The number of halogens is 1. The highest BCUT2D eigenvalue weighted by atomic mass is 79.9. The summed E-state index contributed by atoms with van der Waals surface area (Å²) >= 11 is 4.43. The van der Waals surface area contributed by atoms with Crippen LogP contribution in [0.1, 0.15) is 0 Å². The van der Waals surface area contributed by atoms with E-state index in [9.17, 15) is 14.9 Å². The fourth-order valence-corrected chi connectivity index (χ4v) is 3.27. The van der Waals surface area contributed by atoms with Gasteiger partial charge in [0.1, 0.15) is 0 Å². The highest BCUT2D eigenvalue weighted by Crippen LogP contribution is 2.28. The van der Waals surface area contributed by atoms with E-state index in [4.69, 9.17) is 4.42 Å². The number of non-ortho nitro benzene ring substituents is 1. The highest BCUT2D eigenvalue weighted by molar-refractivity contribution is 9.10. The smallest absolute Gasteiger partial charge is 0.270 e. The molecule has 2 heterocycles. The van der Waals surface area contributed by atoms with Crippen LogP contribution < -0.4 is 5.32 Å².